The number of rotatable bonds is 3. The molecule has 1 unspecified atom stereocenters. The highest BCUT2D eigenvalue weighted by molar-refractivity contribution is 7.99. The molecule has 0 aliphatic carbocycles. The summed E-state index contributed by atoms with van der Waals surface area (Å²) in [5.74, 6) is 2.54. The van der Waals surface area contributed by atoms with Crippen LogP contribution in [0.1, 0.15) is 38.4 Å². The average molecular weight is 239 g/mol. The molecule has 1 N–H and O–H groups in total. The van der Waals surface area contributed by atoms with Crippen LogP contribution in [0, 0.1) is 0 Å². The van der Waals surface area contributed by atoms with Crippen molar-refractivity contribution in [3.8, 4) is 0 Å². The molecular weight excluding hydrogens is 218 g/mol. The van der Waals surface area contributed by atoms with E-state index in [1.54, 1.807) is 0 Å². The van der Waals surface area contributed by atoms with Gasteiger partial charge in [0.05, 0.1) is 23.8 Å². The summed E-state index contributed by atoms with van der Waals surface area (Å²) in [5, 5.41) is 3.36. The first kappa shape index (κ1) is 12.0. The van der Waals surface area contributed by atoms with Crippen molar-refractivity contribution in [1.29, 1.82) is 0 Å². The van der Waals surface area contributed by atoms with Gasteiger partial charge in [-0.05, 0) is 39.5 Å². The summed E-state index contributed by atoms with van der Waals surface area (Å²) >= 11 is 2.06. The number of hydrogen-bond acceptors (Lipinski definition) is 3. The minimum Gasteiger partial charge on any atom is -0.329 e. The normalized spacial score (nSPS) is 22.3. The summed E-state index contributed by atoms with van der Waals surface area (Å²) in [6.07, 6.45) is 6.60. The second-order valence-electron chi connectivity index (χ2n) is 4.93. The number of nitrogens with one attached hydrogen (secondary N) is 1. The Morgan fingerprint density at radius 2 is 2.38 bits per heavy atom. The van der Waals surface area contributed by atoms with Crippen molar-refractivity contribution in [3.05, 3.63) is 18.2 Å². The van der Waals surface area contributed by atoms with E-state index in [1.807, 2.05) is 19.6 Å². The van der Waals surface area contributed by atoms with E-state index in [9.17, 15) is 0 Å². The van der Waals surface area contributed by atoms with Gasteiger partial charge in [0.15, 0.2) is 0 Å². The van der Waals surface area contributed by atoms with Crippen LogP contribution in [0.4, 0.5) is 0 Å². The maximum atomic E-state index is 4.33. The maximum Gasteiger partial charge on any atom is 0.0951 e. The topological polar surface area (TPSA) is 29.9 Å². The molecule has 1 fully saturated rings. The van der Waals surface area contributed by atoms with Crippen LogP contribution < -0.4 is 5.32 Å². The first-order chi connectivity index (χ1) is 7.65. The first-order valence-corrected chi connectivity index (χ1v) is 7.09. The number of thioether (sulfide) groups is 1. The van der Waals surface area contributed by atoms with Crippen molar-refractivity contribution >= 4 is 11.8 Å². The van der Waals surface area contributed by atoms with Crippen molar-refractivity contribution < 1.29 is 0 Å². The molecule has 90 valence electrons. The highest BCUT2D eigenvalue weighted by Gasteiger charge is 2.26. The molecule has 4 heteroatoms. The molecule has 0 saturated carbocycles. The molecule has 3 nitrogen and oxygen atoms in total. The first-order valence-electron chi connectivity index (χ1n) is 5.94. The molecule has 1 aromatic rings. The molecule has 1 aliphatic heterocycles. The lowest BCUT2D eigenvalue weighted by molar-refractivity contribution is 0.381. The van der Waals surface area contributed by atoms with Gasteiger partial charge in [0.25, 0.3) is 0 Å². The minimum absolute atomic E-state index is 0.00138. The summed E-state index contributed by atoms with van der Waals surface area (Å²) in [7, 11) is 2.01. The molecule has 0 radical (unpaired) electrons. The Morgan fingerprint density at radius 1 is 1.56 bits per heavy atom. The Morgan fingerprint density at radius 3 is 3.00 bits per heavy atom. The van der Waals surface area contributed by atoms with E-state index in [-0.39, 0.29) is 5.54 Å². The summed E-state index contributed by atoms with van der Waals surface area (Å²) < 4.78 is 2.36. The van der Waals surface area contributed by atoms with Gasteiger partial charge in [0.1, 0.15) is 0 Å². The van der Waals surface area contributed by atoms with Gasteiger partial charge >= 0.3 is 0 Å². The molecule has 1 saturated heterocycles. The summed E-state index contributed by atoms with van der Waals surface area (Å²) in [6, 6.07) is 0.629. The van der Waals surface area contributed by atoms with Crippen molar-refractivity contribution in [1.82, 2.24) is 14.9 Å². The van der Waals surface area contributed by atoms with Crippen LogP contribution >= 0.6 is 11.8 Å². The standard InChI is InChI=1S/C12H21N3S/c1-12(2,13-3)11-7-14-9-15(11)10-5-4-6-16-8-10/h7,9-10,13H,4-6,8H2,1-3H3. The van der Waals surface area contributed by atoms with Gasteiger partial charge in [-0.1, -0.05) is 0 Å². The van der Waals surface area contributed by atoms with Gasteiger partial charge in [-0.3, -0.25) is 0 Å². The average Bonchev–Trinajstić information content (AvgIpc) is 2.80. The Bertz CT molecular complexity index is 340. The van der Waals surface area contributed by atoms with Gasteiger partial charge in [0.2, 0.25) is 0 Å². The minimum atomic E-state index is -0.00138. The number of imidazole rings is 1. The van der Waals surface area contributed by atoms with Crippen LogP contribution in [0.3, 0.4) is 0 Å². The monoisotopic (exact) mass is 239 g/mol. The molecule has 2 rings (SSSR count). The number of aromatic nitrogens is 2. The number of nitrogens with zero attached hydrogens (tertiary/aromatic N) is 2. The highest BCUT2D eigenvalue weighted by atomic mass is 32.2. The fraction of sp³-hybridized carbons (Fsp3) is 0.750. The molecule has 0 spiro atoms. The lowest BCUT2D eigenvalue weighted by atomic mass is 10.0. The van der Waals surface area contributed by atoms with E-state index in [1.165, 1.54) is 30.0 Å². The van der Waals surface area contributed by atoms with Crippen molar-refractivity contribution in [2.75, 3.05) is 18.6 Å². The third kappa shape index (κ3) is 2.28. The van der Waals surface area contributed by atoms with Gasteiger partial charge in [-0.25, -0.2) is 4.98 Å². The van der Waals surface area contributed by atoms with Crippen LogP contribution in [-0.2, 0) is 5.54 Å². The lowest BCUT2D eigenvalue weighted by Gasteiger charge is -2.30. The van der Waals surface area contributed by atoms with E-state index in [0.717, 1.165) is 0 Å². The van der Waals surface area contributed by atoms with E-state index in [4.69, 9.17) is 0 Å². The fourth-order valence-electron chi connectivity index (χ4n) is 2.15. The van der Waals surface area contributed by atoms with Crippen LogP contribution in [0.5, 0.6) is 0 Å². The van der Waals surface area contributed by atoms with Gasteiger partial charge in [0, 0.05) is 11.8 Å². The van der Waals surface area contributed by atoms with Crippen LogP contribution in [0.2, 0.25) is 0 Å². The predicted molar refractivity (Wildman–Crippen MR) is 69.9 cm³/mol. The van der Waals surface area contributed by atoms with Crippen molar-refractivity contribution in [3.63, 3.8) is 0 Å². The Balaban J connectivity index is 2.24. The molecule has 0 amide bonds. The quantitative estimate of drug-likeness (QED) is 0.878. The smallest absolute Gasteiger partial charge is 0.0951 e. The van der Waals surface area contributed by atoms with Crippen LogP contribution in [0.15, 0.2) is 12.5 Å². The molecule has 1 aliphatic rings. The second-order valence-corrected chi connectivity index (χ2v) is 6.08. The number of hydrogen-bond donors (Lipinski definition) is 1. The fourth-order valence-corrected chi connectivity index (χ4v) is 3.29. The van der Waals surface area contributed by atoms with Gasteiger partial charge in [-0.15, -0.1) is 0 Å². The lowest BCUT2D eigenvalue weighted by Crippen LogP contribution is -2.36. The molecular formula is C12H21N3S. The van der Waals surface area contributed by atoms with E-state index in [2.05, 4.69) is 40.5 Å². The van der Waals surface area contributed by atoms with Crippen molar-refractivity contribution in [2.24, 2.45) is 0 Å². The van der Waals surface area contributed by atoms with Crippen LogP contribution in [-0.4, -0.2) is 28.1 Å². The zero-order valence-corrected chi connectivity index (χ0v) is 11.2. The summed E-state index contributed by atoms with van der Waals surface area (Å²) in [5.41, 5.74) is 1.29. The summed E-state index contributed by atoms with van der Waals surface area (Å²) in [6.45, 7) is 4.41. The Hall–Kier alpha value is -0.480. The molecule has 1 atom stereocenters. The molecule has 0 bridgehead atoms. The van der Waals surface area contributed by atoms with E-state index >= 15 is 0 Å². The Labute approximate surface area is 102 Å². The molecule has 2 heterocycles. The summed E-state index contributed by atoms with van der Waals surface area (Å²) in [4.78, 5) is 4.33. The van der Waals surface area contributed by atoms with Crippen molar-refractivity contribution in [2.45, 2.75) is 38.3 Å². The molecule has 16 heavy (non-hydrogen) atoms. The second kappa shape index (κ2) is 4.80. The predicted octanol–water partition coefficient (Wildman–Crippen LogP) is 2.41. The zero-order valence-electron chi connectivity index (χ0n) is 10.4. The Kier molecular flexibility index (Phi) is 3.60. The largest absolute Gasteiger partial charge is 0.329 e. The molecule has 0 aromatic carbocycles. The van der Waals surface area contributed by atoms with Gasteiger partial charge < -0.3 is 9.88 Å². The SMILES string of the molecule is CNC(C)(C)c1cncn1C1CCCSC1. The third-order valence-corrected chi connectivity index (χ3v) is 4.66. The van der Waals surface area contributed by atoms with E-state index in [0.29, 0.717) is 6.04 Å². The molecule has 1 aromatic heterocycles. The maximum absolute atomic E-state index is 4.33. The zero-order chi connectivity index (χ0) is 11.6. The highest BCUT2D eigenvalue weighted by Crippen LogP contribution is 2.30. The third-order valence-electron chi connectivity index (χ3n) is 3.46. The van der Waals surface area contributed by atoms with Crippen LogP contribution in [0.25, 0.3) is 0 Å². The van der Waals surface area contributed by atoms with Gasteiger partial charge in [-0.2, -0.15) is 11.8 Å². The van der Waals surface area contributed by atoms with E-state index < -0.39 is 0 Å².